The van der Waals surface area contributed by atoms with Crippen LogP contribution in [0.25, 0.3) is 0 Å². The van der Waals surface area contributed by atoms with Crippen molar-refractivity contribution in [1.82, 2.24) is 9.88 Å². The normalized spacial score (nSPS) is 11.5. The molecule has 0 bridgehead atoms. The van der Waals surface area contributed by atoms with Crippen molar-refractivity contribution in [2.45, 2.75) is 13.8 Å². The summed E-state index contributed by atoms with van der Waals surface area (Å²) in [5.74, 6) is -0.637. The molecule has 1 heterocycles. The van der Waals surface area contributed by atoms with Gasteiger partial charge in [0.15, 0.2) is 4.80 Å². The first-order valence-electron chi connectivity index (χ1n) is 6.50. The Hall–Kier alpha value is -2.21. The quantitative estimate of drug-likeness (QED) is 0.935. The highest BCUT2D eigenvalue weighted by atomic mass is 32.1. The predicted molar refractivity (Wildman–Crippen MR) is 82.1 cm³/mol. The molecule has 0 saturated carbocycles. The molecule has 1 N–H and O–H groups in total. The number of rotatable bonds is 3. The number of aryl methyl sites for hydroxylation is 3. The third-order valence-electron chi connectivity index (χ3n) is 3.15. The fraction of sp³-hybridized carbons (Fsp3) is 0.267. The van der Waals surface area contributed by atoms with Crippen molar-refractivity contribution in [3.8, 4) is 0 Å². The van der Waals surface area contributed by atoms with Gasteiger partial charge in [0.25, 0.3) is 11.8 Å². The third-order valence-corrected chi connectivity index (χ3v) is 4.00. The van der Waals surface area contributed by atoms with Gasteiger partial charge < -0.3 is 9.88 Å². The first-order valence-corrected chi connectivity index (χ1v) is 7.38. The molecule has 0 radical (unpaired) electrons. The van der Waals surface area contributed by atoms with Gasteiger partial charge in [0.05, 0.1) is 6.54 Å². The second kappa shape index (κ2) is 6.49. The van der Waals surface area contributed by atoms with Crippen molar-refractivity contribution in [2.75, 3.05) is 6.54 Å². The van der Waals surface area contributed by atoms with E-state index in [0.29, 0.717) is 10.4 Å². The van der Waals surface area contributed by atoms with Gasteiger partial charge in [0.2, 0.25) is 0 Å². The van der Waals surface area contributed by atoms with Gasteiger partial charge in [-0.05, 0) is 37.1 Å². The Bertz CT molecular complexity index is 743. The Morgan fingerprint density at radius 1 is 1.29 bits per heavy atom. The lowest BCUT2D eigenvalue weighted by Crippen LogP contribution is -2.30. The number of aromatic nitrogens is 1. The van der Waals surface area contributed by atoms with E-state index in [0.717, 1.165) is 11.1 Å². The number of hydrogen-bond donors (Lipinski definition) is 1. The summed E-state index contributed by atoms with van der Waals surface area (Å²) in [5, 5.41) is 4.44. The molecule has 0 saturated heterocycles. The van der Waals surface area contributed by atoms with Crippen LogP contribution in [0.15, 0.2) is 34.8 Å². The summed E-state index contributed by atoms with van der Waals surface area (Å²) in [6.07, 6.45) is 1.82. The maximum absolute atomic E-state index is 12.0. The predicted octanol–water partition coefficient (Wildman–Crippen LogP) is 1.56. The molecule has 2 aromatic rings. The summed E-state index contributed by atoms with van der Waals surface area (Å²) in [7, 11) is 1.82. The van der Waals surface area contributed by atoms with Gasteiger partial charge in [0, 0.05) is 24.2 Å². The van der Waals surface area contributed by atoms with E-state index < -0.39 is 0 Å². The molecule has 1 aromatic heterocycles. The molecule has 2 rings (SSSR count). The molecule has 0 aliphatic carbocycles. The highest BCUT2D eigenvalue weighted by Gasteiger charge is 2.08. The molecule has 0 unspecified atom stereocenters. The monoisotopic (exact) mass is 303 g/mol. The highest BCUT2D eigenvalue weighted by Crippen LogP contribution is 2.09. The van der Waals surface area contributed by atoms with Crippen molar-refractivity contribution < 1.29 is 9.59 Å². The summed E-state index contributed by atoms with van der Waals surface area (Å²) < 4.78 is 1.76. The van der Waals surface area contributed by atoms with E-state index in [1.54, 1.807) is 10.6 Å². The van der Waals surface area contributed by atoms with E-state index in [1.165, 1.54) is 11.3 Å². The summed E-state index contributed by atoms with van der Waals surface area (Å²) in [6, 6.07) is 5.45. The van der Waals surface area contributed by atoms with Crippen molar-refractivity contribution in [1.29, 1.82) is 0 Å². The van der Waals surface area contributed by atoms with Crippen LogP contribution in [0.1, 0.15) is 21.5 Å². The number of nitrogens with zero attached hydrogens (tertiary/aromatic N) is 2. The molecule has 21 heavy (non-hydrogen) atoms. The van der Waals surface area contributed by atoms with Crippen LogP contribution in [-0.4, -0.2) is 22.9 Å². The number of carbonyl (C=O) groups excluding carboxylic acids is 2. The van der Waals surface area contributed by atoms with Crippen LogP contribution in [-0.2, 0) is 11.8 Å². The number of thiazole rings is 1. The average Bonchev–Trinajstić information content (AvgIpc) is 2.84. The number of hydrogen-bond acceptors (Lipinski definition) is 3. The first kappa shape index (κ1) is 15.2. The lowest BCUT2D eigenvalue weighted by Gasteiger charge is -2.05. The van der Waals surface area contributed by atoms with E-state index in [2.05, 4.69) is 10.3 Å². The van der Waals surface area contributed by atoms with E-state index in [-0.39, 0.29) is 18.4 Å². The van der Waals surface area contributed by atoms with Gasteiger partial charge in [-0.2, -0.15) is 4.99 Å². The van der Waals surface area contributed by atoms with Gasteiger partial charge in [-0.15, -0.1) is 11.3 Å². The molecule has 110 valence electrons. The van der Waals surface area contributed by atoms with Crippen molar-refractivity contribution in [3.05, 3.63) is 51.3 Å². The topological polar surface area (TPSA) is 63.5 Å². The number of benzene rings is 1. The molecule has 0 atom stereocenters. The third kappa shape index (κ3) is 3.88. The molecular weight excluding hydrogens is 286 g/mol. The minimum absolute atomic E-state index is 0.107. The van der Waals surface area contributed by atoms with Crippen molar-refractivity contribution in [3.63, 3.8) is 0 Å². The minimum atomic E-state index is -0.370. The molecule has 5 nitrogen and oxygen atoms in total. The SMILES string of the molecule is Cc1ccc(C(=O)NCC(=O)N=c2sccn2C)cc1C. The Labute approximate surface area is 127 Å². The van der Waals surface area contributed by atoms with Crippen molar-refractivity contribution in [2.24, 2.45) is 12.0 Å². The zero-order valence-corrected chi connectivity index (χ0v) is 13.0. The van der Waals surface area contributed by atoms with Crippen LogP contribution < -0.4 is 10.1 Å². The van der Waals surface area contributed by atoms with Crippen LogP contribution in [0.2, 0.25) is 0 Å². The Morgan fingerprint density at radius 2 is 2.05 bits per heavy atom. The second-order valence-electron chi connectivity index (χ2n) is 4.78. The number of amides is 2. The zero-order valence-electron chi connectivity index (χ0n) is 12.2. The smallest absolute Gasteiger partial charge is 0.267 e. The van der Waals surface area contributed by atoms with E-state index in [9.17, 15) is 9.59 Å². The number of carbonyl (C=O) groups is 2. The Balaban J connectivity index is 1.99. The second-order valence-corrected chi connectivity index (χ2v) is 5.66. The molecule has 2 amide bonds. The summed E-state index contributed by atoms with van der Waals surface area (Å²) in [5.41, 5.74) is 2.72. The van der Waals surface area contributed by atoms with E-state index in [4.69, 9.17) is 0 Å². The zero-order chi connectivity index (χ0) is 15.4. The van der Waals surface area contributed by atoms with Gasteiger partial charge in [-0.25, -0.2) is 0 Å². The molecular formula is C15H17N3O2S. The molecule has 0 spiro atoms. The van der Waals surface area contributed by atoms with E-state index >= 15 is 0 Å². The summed E-state index contributed by atoms with van der Waals surface area (Å²) in [4.78, 5) is 28.3. The fourth-order valence-corrected chi connectivity index (χ4v) is 2.47. The standard InChI is InChI=1S/C15H17N3O2S/c1-10-4-5-12(8-11(10)2)14(20)16-9-13(19)17-15-18(3)6-7-21-15/h4-8H,9H2,1-3H3,(H,16,20). The molecule has 0 fully saturated rings. The Morgan fingerprint density at radius 3 is 2.67 bits per heavy atom. The van der Waals surface area contributed by atoms with Crippen LogP contribution in [0.4, 0.5) is 0 Å². The lowest BCUT2D eigenvalue weighted by molar-refractivity contribution is -0.117. The fourth-order valence-electron chi connectivity index (χ4n) is 1.72. The molecule has 0 aliphatic rings. The first-order chi connectivity index (χ1) is 9.97. The molecule has 0 aliphatic heterocycles. The maximum atomic E-state index is 12.0. The van der Waals surface area contributed by atoms with Gasteiger partial charge >= 0.3 is 0 Å². The maximum Gasteiger partial charge on any atom is 0.267 e. The van der Waals surface area contributed by atoms with E-state index in [1.807, 2.05) is 44.6 Å². The van der Waals surface area contributed by atoms with Crippen LogP contribution in [0.3, 0.4) is 0 Å². The lowest BCUT2D eigenvalue weighted by atomic mass is 10.1. The van der Waals surface area contributed by atoms with Crippen LogP contribution in [0.5, 0.6) is 0 Å². The highest BCUT2D eigenvalue weighted by molar-refractivity contribution is 7.07. The molecule has 1 aromatic carbocycles. The molecule has 6 heteroatoms. The largest absolute Gasteiger partial charge is 0.343 e. The van der Waals surface area contributed by atoms with Crippen molar-refractivity contribution >= 4 is 23.2 Å². The Kier molecular flexibility index (Phi) is 4.70. The van der Waals surface area contributed by atoms with Crippen LogP contribution in [0, 0.1) is 13.8 Å². The van der Waals surface area contributed by atoms with Gasteiger partial charge in [-0.3, -0.25) is 9.59 Å². The summed E-state index contributed by atoms with van der Waals surface area (Å²) in [6.45, 7) is 3.83. The average molecular weight is 303 g/mol. The van der Waals surface area contributed by atoms with Gasteiger partial charge in [-0.1, -0.05) is 6.07 Å². The minimum Gasteiger partial charge on any atom is -0.343 e. The van der Waals surface area contributed by atoms with Gasteiger partial charge in [0.1, 0.15) is 0 Å². The number of nitrogens with one attached hydrogen (secondary N) is 1. The van der Waals surface area contributed by atoms with Crippen LogP contribution >= 0.6 is 11.3 Å². The summed E-state index contributed by atoms with van der Waals surface area (Å²) >= 11 is 1.37.